The van der Waals surface area contributed by atoms with Gasteiger partial charge in [-0.25, -0.2) is 0 Å². The summed E-state index contributed by atoms with van der Waals surface area (Å²) in [5.74, 6) is 1.97. The summed E-state index contributed by atoms with van der Waals surface area (Å²) in [6.45, 7) is 5.63. The molecule has 0 saturated carbocycles. The van der Waals surface area contributed by atoms with Crippen LogP contribution in [0.3, 0.4) is 0 Å². The molecule has 0 aromatic heterocycles. The molecule has 2 rings (SSSR count). The first-order valence-corrected chi connectivity index (χ1v) is 6.01. The Bertz CT molecular complexity index is 446. The Morgan fingerprint density at radius 3 is 2.47 bits per heavy atom. The number of benzene rings is 1. The summed E-state index contributed by atoms with van der Waals surface area (Å²) in [6, 6.07) is 6.19. The third kappa shape index (κ3) is 2.52. The van der Waals surface area contributed by atoms with Gasteiger partial charge in [0.15, 0.2) is 11.5 Å². The van der Waals surface area contributed by atoms with Gasteiger partial charge in [0.2, 0.25) is 0 Å². The van der Waals surface area contributed by atoms with E-state index in [9.17, 15) is 0 Å². The normalized spacial score (nSPS) is 14.2. The summed E-state index contributed by atoms with van der Waals surface area (Å²) < 4.78 is 11.3. The van der Waals surface area contributed by atoms with Gasteiger partial charge in [-0.3, -0.25) is 0 Å². The zero-order chi connectivity index (χ0) is 12.3. The fraction of sp³-hybridized carbons (Fsp3) is 0.500. The fourth-order valence-electron chi connectivity index (χ4n) is 2.04. The molecule has 3 nitrogen and oxygen atoms in total. The molecule has 90 valence electrons. The third-order valence-corrected chi connectivity index (χ3v) is 2.90. The van der Waals surface area contributed by atoms with E-state index in [1.807, 2.05) is 12.1 Å². The maximum Gasteiger partial charge on any atom is 0.161 e. The molecule has 1 aromatic rings. The monoisotopic (exact) mass is 231 g/mol. The first kappa shape index (κ1) is 11.8. The summed E-state index contributed by atoms with van der Waals surface area (Å²) in [5, 5.41) is 8.86. The van der Waals surface area contributed by atoms with Gasteiger partial charge in [-0.1, -0.05) is 13.8 Å². The summed E-state index contributed by atoms with van der Waals surface area (Å²) in [6.07, 6.45) is 1.32. The van der Waals surface area contributed by atoms with Gasteiger partial charge < -0.3 is 9.47 Å². The minimum atomic E-state index is 0.385. The predicted molar refractivity (Wildman–Crippen MR) is 65.5 cm³/mol. The molecule has 1 aliphatic heterocycles. The van der Waals surface area contributed by atoms with E-state index in [4.69, 9.17) is 14.7 Å². The lowest BCUT2D eigenvalue weighted by Crippen LogP contribution is -1.99. The number of rotatable bonds is 2. The fourth-order valence-corrected chi connectivity index (χ4v) is 2.04. The van der Waals surface area contributed by atoms with Crippen molar-refractivity contribution in [2.24, 2.45) is 0 Å². The van der Waals surface area contributed by atoms with E-state index in [-0.39, 0.29) is 0 Å². The van der Waals surface area contributed by atoms with Crippen LogP contribution in [-0.2, 0) is 6.42 Å². The van der Waals surface area contributed by atoms with Crippen LogP contribution in [0.2, 0.25) is 0 Å². The second kappa shape index (κ2) is 5.09. The number of nitriles is 1. The molecule has 1 aliphatic rings. The van der Waals surface area contributed by atoms with Gasteiger partial charge in [-0.05, 0) is 29.2 Å². The maximum atomic E-state index is 8.86. The first-order valence-electron chi connectivity index (χ1n) is 6.01. The van der Waals surface area contributed by atoms with Crippen molar-refractivity contribution in [3.05, 3.63) is 23.3 Å². The second-order valence-corrected chi connectivity index (χ2v) is 4.54. The Morgan fingerprint density at radius 2 is 1.88 bits per heavy atom. The second-order valence-electron chi connectivity index (χ2n) is 4.54. The molecule has 0 radical (unpaired) electrons. The van der Waals surface area contributed by atoms with Crippen LogP contribution >= 0.6 is 0 Å². The Balaban J connectivity index is 2.45. The third-order valence-electron chi connectivity index (χ3n) is 2.90. The molecule has 0 saturated heterocycles. The molecule has 17 heavy (non-hydrogen) atoms. The van der Waals surface area contributed by atoms with Gasteiger partial charge in [0.1, 0.15) is 0 Å². The van der Waals surface area contributed by atoms with Crippen molar-refractivity contribution in [1.29, 1.82) is 5.26 Å². The number of fused-ring (bicyclic) bond motifs is 1. The van der Waals surface area contributed by atoms with Crippen molar-refractivity contribution >= 4 is 0 Å². The van der Waals surface area contributed by atoms with E-state index in [2.05, 4.69) is 19.9 Å². The van der Waals surface area contributed by atoms with Gasteiger partial charge in [-0.15, -0.1) is 0 Å². The van der Waals surface area contributed by atoms with Crippen LogP contribution in [0, 0.1) is 11.3 Å². The van der Waals surface area contributed by atoms with Crippen molar-refractivity contribution in [3.8, 4) is 17.6 Å². The van der Waals surface area contributed by atoms with Crippen molar-refractivity contribution in [3.63, 3.8) is 0 Å². The standard InChI is InChI=1S/C14H17NO2/c1-10(2)12-9-14-13(8-11(12)4-5-15)16-6-3-7-17-14/h8-10H,3-4,6-7H2,1-2H3. The average Bonchev–Trinajstić information content (AvgIpc) is 2.52. The van der Waals surface area contributed by atoms with Crippen LogP contribution in [0.25, 0.3) is 0 Å². The highest BCUT2D eigenvalue weighted by atomic mass is 16.5. The molecular formula is C14H17NO2. The van der Waals surface area contributed by atoms with Gasteiger partial charge in [0.25, 0.3) is 0 Å². The van der Waals surface area contributed by atoms with E-state index in [1.165, 1.54) is 5.56 Å². The number of ether oxygens (including phenoxy) is 2. The molecule has 0 aliphatic carbocycles. The zero-order valence-electron chi connectivity index (χ0n) is 10.3. The molecule has 0 atom stereocenters. The molecule has 3 heteroatoms. The van der Waals surface area contributed by atoms with Crippen molar-refractivity contribution in [1.82, 2.24) is 0 Å². The van der Waals surface area contributed by atoms with Crippen molar-refractivity contribution in [2.75, 3.05) is 13.2 Å². The van der Waals surface area contributed by atoms with Crippen LogP contribution < -0.4 is 9.47 Å². The Labute approximate surface area is 102 Å². The Morgan fingerprint density at radius 1 is 1.24 bits per heavy atom. The Kier molecular flexibility index (Phi) is 3.53. The van der Waals surface area contributed by atoms with Crippen LogP contribution in [0.1, 0.15) is 37.3 Å². The number of nitrogens with zero attached hydrogens (tertiary/aromatic N) is 1. The molecule has 1 heterocycles. The lowest BCUT2D eigenvalue weighted by molar-refractivity contribution is 0.297. The minimum Gasteiger partial charge on any atom is -0.490 e. The van der Waals surface area contributed by atoms with Crippen molar-refractivity contribution in [2.45, 2.75) is 32.6 Å². The predicted octanol–water partition coefficient (Wildman–Crippen LogP) is 3.04. The highest BCUT2D eigenvalue weighted by Crippen LogP contribution is 2.35. The summed E-state index contributed by atoms with van der Waals surface area (Å²) >= 11 is 0. The highest BCUT2D eigenvalue weighted by Gasteiger charge is 2.16. The van der Waals surface area contributed by atoms with E-state index in [1.54, 1.807) is 0 Å². The van der Waals surface area contributed by atoms with Crippen LogP contribution in [-0.4, -0.2) is 13.2 Å². The smallest absolute Gasteiger partial charge is 0.161 e. The Hall–Kier alpha value is -1.69. The summed E-state index contributed by atoms with van der Waals surface area (Å²) in [5.41, 5.74) is 2.22. The SMILES string of the molecule is CC(C)c1cc2c(cc1CC#N)OCCCO2. The topological polar surface area (TPSA) is 42.2 Å². The molecular weight excluding hydrogens is 214 g/mol. The average molecular weight is 231 g/mol. The highest BCUT2D eigenvalue weighted by molar-refractivity contribution is 5.49. The number of hydrogen-bond donors (Lipinski definition) is 0. The van der Waals surface area contributed by atoms with Crippen LogP contribution in [0.15, 0.2) is 12.1 Å². The largest absolute Gasteiger partial charge is 0.490 e. The molecule has 0 amide bonds. The van der Waals surface area contributed by atoms with E-state index in [0.717, 1.165) is 23.5 Å². The molecule has 0 bridgehead atoms. The van der Waals surface area contributed by atoms with E-state index in [0.29, 0.717) is 25.6 Å². The maximum absolute atomic E-state index is 8.86. The molecule has 0 spiro atoms. The molecule has 0 N–H and O–H groups in total. The summed E-state index contributed by atoms with van der Waals surface area (Å²) in [4.78, 5) is 0. The lowest BCUT2D eigenvalue weighted by Gasteiger charge is -2.15. The number of hydrogen-bond acceptors (Lipinski definition) is 3. The van der Waals surface area contributed by atoms with Gasteiger partial charge in [0, 0.05) is 6.42 Å². The van der Waals surface area contributed by atoms with Gasteiger partial charge >= 0.3 is 0 Å². The van der Waals surface area contributed by atoms with Gasteiger partial charge in [-0.2, -0.15) is 5.26 Å². The van der Waals surface area contributed by atoms with E-state index >= 15 is 0 Å². The molecule has 1 aromatic carbocycles. The molecule has 0 unspecified atom stereocenters. The van der Waals surface area contributed by atoms with Crippen LogP contribution in [0.4, 0.5) is 0 Å². The zero-order valence-corrected chi connectivity index (χ0v) is 10.3. The van der Waals surface area contributed by atoms with Gasteiger partial charge in [0.05, 0.1) is 25.7 Å². The molecule has 0 fully saturated rings. The van der Waals surface area contributed by atoms with Crippen LogP contribution in [0.5, 0.6) is 11.5 Å². The minimum absolute atomic E-state index is 0.385. The quantitative estimate of drug-likeness (QED) is 0.785. The summed E-state index contributed by atoms with van der Waals surface area (Å²) in [7, 11) is 0. The lowest BCUT2D eigenvalue weighted by atomic mass is 9.95. The van der Waals surface area contributed by atoms with Crippen molar-refractivity contribution < 1.29 is 9.47 Å². The van der Waals surface area contributed by atoms with E-state index < -0.39 is 0 Å². The first-order chi connectivity index (χ1) is 8.22.